The molecular formula is C11H16N2O2. The molecular weight excluding hydrogens is 192 g/mol. The molecule has 1 fully saturated rings. The van der Waals surface area contributed by atoms with Gasteiger partial charge in [-0.3, -0.25) is 9.89 Å². The van der Waals surface area contributed by atoms with Crippen LogP contribution in [0.5, 0.6) is 0 Å². The molecule has 0 saturated heterocycles. The lowest BCUT2D eigenvalue weighted by molar-refractivity contribution is -0.138. The van der Waals surface area contributed by atoms with E-state index in [1.54, 1.807) is 6.20 Å². The van der Waals surface area contributed by atoms with Gasteiger partial charge in [-0.1, -0.05) is 20.8 Å². The molecule has 0 amide bonds. The van der Waals surface area contributed by atoms with Crippen molar-refractivity contribution in [2.45, 2.75) is 38.5 Å². The predicted molar refractivity (Wildman–Crippen MR) is 55.8 cm³/mol. The molecule has 0 bridgehead atoms. The van der Waals surface area contributed by atoms with Crippen LogP contribution in [0.1, 0.15) is 44.4 Å². The van der Waals surface area contributed by atoms with Gasteiger partial charge in [0.2, 0.25) is 0 Å². The number of carbonyl (C=O) groups is 1. The Morgan fingerprint density at radius 2 is 2.27 bits per heavy atom. The van der Waals surface area contributed by atoms with E-state index in [1.165, 1.54) is 0 Å². The Bertz CT molecular complexity index is 390. The van der Waals surface area contributed by atoms with Gasteiger partial charge >= 0.3 is 5.97 Å². The van der Waals surface area contributed by atoms with Gasteiger partial charge in [-0.15, -0.1) is 0 Å². The van der Waals surface area contributed by atoms with Gasteiger partial charge in [0.25, 0.3) is 0 Å². The second kappa shape index (κ2) is 3.08. The highest BCUT2D eigenvalue weighted by atomic mass is 16.4. The van der Waals surface area contributed by atoms with Crippen LogP contribution < -0.4 is 0 Å². The van der Waals surface area contributed by atoms with Gasteiger partial charge in [-0.05, 0) is 12.0 Å². The molecule has 1 aromatic heterocycles. The van der Waals surface area contributed by atoms with Crippen molar-refractivity contribution in [1.82, 2.24) is 10.2 Å². The first-order valence-corrected chi connectivity index (χ1v) is 5.18. The zero-order chi connectivity index (χ0) is 11.2. The highest BCUT2D eigenvalue weighted by molar-refractivity contribution is 5.75. The number of aromatic amines is 1. The molecule has 1 heterocycles. The lowest BCUT2D eigenvalue weighted by atomic mass is 9.88. The minimum atomic E-state index is -0.693. The number of aromatic nitrogens is 2. The molecule has 4 nitrogen and oxygen atoms in total. The Kier molecular flexibility index (Phi) is 2.10. The maximum Gasteiger partial charge on any atom is 0.307 e. The van der Waals surface area contributed by atoms with Gasteiger partial charge < -0.3 is 5.11 Å². The molecule has 2 N–H and O–H groups in total. The lowest BCUT2D eigenvalue weighted by Gasteiger charge is -2.18. The van der Waals surface area contributed by atoms with Crippen molar-refractivity contribution in [2.75, 3.05) is 0 Å². The maximum absolute atomic E-state index is 10.8. The number of carboxylic acid groups (broad SMARTS) is 1. The average Bonchev–Trinajstić information content (AvgIpc) is 2.73. The van der Waals surface area contributed by atoms with Crippen molar-refractivity contribution in [3.05, 3.63) is 17.5 Å². The van der Waals surface area contributed by atoms with E-state index in [0.717, 1.165) is 17.7 Å². The average molecular weight is 208 g/mol. The van der Waals surface area contributed by atoms with Crippen molar-refractivity contribution in [2.24, 2.45) is 5.92 Å². The monoisotopic (exact) mass is 208 g/mol. The predicted octanol–water partition coefficient (Wildman–Crippen LogP) is 1.90. The van der Waals surface area contributed by atoms with Crippen LogP contribution in [-0.2, 0) is 10.2 Å². The molecule has 0 aromatic carbocycles. The summed E-state index contributed by atoms with van der Waals surface area (Å²) in [5, 5.41) is 15.9. The normalized spacial score (nSPS) is 25.3. The van der Waals surface area contributed by atoms with Crippen molar-refractivity contribution in [1.29, 1.82) is 0 Å². The van der Waals surface area contributed by atoms with E-state index in [1.807, 2.05) is 0 Å². The minimum absolute atomic E-state index is 0.00250. The van der Waals surface area contributed by atoms with Crippen LogP contribution in [0.3, 0.4) is 0 Å². The Balaban J connectivity index is 2.25. The molecule has 1 saturated carbocycles. The van der Waals surface area contributed by atoms with Crippen molar-refractivity contribution >= 4 is 5.97 Å². The van der Waals surface area contributed by atoms with Crippen LogP contribution in [-0.4, -0.2) is 21.3 Å². The first kappa shape index (κ1) is 10.2. The molecule has 2 rings (SSSR count). The second-order valence-corrected chi connectivity index (χ2v) is 5.24. The fourth-order valence-electron chi connectivity index (χ4n) is 1.99. The molecule has 4 heteroatoms. The zero-order valence-corrected chi connectivity index (χ0v) is 9.24. The van der Waals surface area contributed by atoms with E-state index in [0.29, 0.717) is 0 Å². The summed E-state index contributed by atoms with van der Waals surface area (Å²) in [7, 11) is 0. The highest BCUT2D eigenvalue weighted by Crippen LogP contribution is 2.49. The standard InChI is InChI=1S/C11H16N2O2/c1-11(2,3)9-8(5-12-13-9)6-4-7(6)10(14)15/h5-7H,4H2,1-3H3,(H,12,13)(H,14,15)/t6-,7-/m1/s1. The Morgan fingerprint density at radius 3 is 2.73 bits per heavy atom. The molecule has 1 aliphatic carbocycles. The fraction of sp³-hybridized carbons (Fsp3) is 0.636. The SMILES string of the molecule is CC(C)(C)c1[nH]ncc1[C@@H]1C[C@H]1C(=O)O. The van der Waals surface area contributed by atoms with Crippen LogP contribution in [0.25, 0.3) is 0 Å². The third-order valence-electron chi connectivity index (χ3n) is 2.93. The van der Waals surface area contributed by atoms with Crippen molar-refractivity contribution in [3.8, 4) is 0 Å². The number of nitrogens with one attached hydrogen (secondary N) is 1. The number of hydrogen-bond donors (Lipinski definition) is 2. The first-order valence-electron chi connectivity index (χ1n) is 5.18. The third kappa shape index (κ3) is 1.76. The Labute approximate surface area is 88.7 Å². The molecule has 0 unspecified atom stereocenters. The number of H-pyrrole nitrogens is 1. The maximum atomic E-state index is 10.8. The third-order valence-corrected chi connectivity index (χ3v) is 2.93. The van der Waals surface area contributed by atoms with Gasteiger partial charge in [0.05, 0.1) is 12.1 Å². The second-order valence-electron chi connectivity index (χ2n) is 5.24. The van der Waals surface area contributed by atoms with E-state index in [9.17, 15) is 4.79 Å². The van der Waals surface area contributed by atoms with E-state index >= 15 is 0 Å². The number of aliphatic carboxylic acids is 1. The number of rotatable bonds is 2. The summed E-state index contributed by atoms with van der Waals surface area (Å²) in [6, 6.07) is 0. The summed E-state index contributed by atoms with van der Waals surface area (Å²) < 4.78 is 0. The molecule has 0 radical (unpaired) electrons. The first-order chi connectivity index (χ1) is 6.91. The molecule has 0 spiro atoms. The summed E-state index contributed by atoms with van der Waals surface area (Å²) in [4.78, 5) is 10.8. The minimum Gasteiger partial charge on any atom is -0.481 e. The van der Waals surface area contributed by atoms with E-state index in [2.05, 4.69) is 31.0 Å². The summed E-state index contributed by atoms with van der Waals surface area (Å²) in [5.41, 5.74) is 2.14. The molecule has 82 valence electrons. The van der Waals surface area contributed by atoms with Crippen LogP contribution >= 0.6 is 0 Å². The fourth-order valence-corrected chi connectivity index (χ4v) is 1.99. The summed E-state index contributed by atoms with van der Waals surface area (Å²) in [6.07, 6.45) is 2.52. The molecule has 1 aliphatic rings. The smallest absolute Gasteiger partial charge is 0.307 e. The van der Waals surface area contributed by atoms with Gasteiger partial charge in [0.15, 0.2) is 0 Å². The lowest BCUT2D eigenvalue weighted by Crippen LogP contribution is -2.14. The van der Waals surface area contributed by atoms with Gasteiger partial charge in [0, 0.05) is 17.0 Å². The number of carboxylic acids is 1. The van der Waals surface area contributed by atoms with Crippen LogP contribution in [0.15, 0.2) is 6.20 Å². The zero-order valence-electron chi connectivity index (χ0n) is 9.24. The van der Waals surface area contributed by atoms with E-state index < -0.39 is 5.97 Å². The van der Waals surface area contributed by atoms with Crippen LogP contribution in [0.4, 0.5) is 0 Å². The molecule has 2 atom stereocenters. The van der Waals surface area contributed by atoms with E-state index in [-0.39, 0.29) is 17.3 Å². The Hall–Kier alpha value is -1.32. The highest BCUT2D eigenvalue weighted by Gasteiger charge is 2.46. The largest absolute Gasteiger partial charge is 0.481 e. The van der Waals surface area contributed by atoms with E-state index in [4.69, 9.17) is 5.11 Å². The molecule has 15 heavy (non-hydrogen) atoms. The van der Waals surface area contributed by atoms with Crippen molar-refractivity contribution in [3.63, 3.8) is 0 Å². The molecule has 0 aliphatic heterocycles. The van der Waals surface area contributed by atoms with Crippen molar-refractivity contribution < 1.29 is 9.90 Å². The Morgan fingerprint density at radius 1 is 1.60 bits per heavy atom. The number of hydrogen-bond acceptors (Lipinski definition) is 2. The van der Waals surface area contributed by atoms with Gasteiger partial charge in [0.1, 0.15) is 0 Å². The summed E-state index contributed by atoms with van der Waals surface area (Å²) >= 11 is 0. The van der Waals surface area contributed by atoms with Gasteiger partial charge in [-0.25, -0.2) is 0 Å². The quantitative estimate of drug-likeness (QED) is 0.780. The van der Waals surface area contributed by atoms with Gasteiger partial charge in [-0.2, -0.15) is 5.10 Å². The topological polar surface area (TPSA) is 66.0 Å². The van der Waals surface area contributed by atoms with Crippen LogP contribution in [0.2, 0.25) is 0 Å². The number of nitrogens with zero attached hydrogens (tertiary/aromatic N) is 1. The summed E-state index contributed by atoms with van der Waals surface area (Å²) in [5.74, 6) is -0.736. The summed E-state index contributed by atoms with van der Waals surface area (Å²) in [6.45, 7) is 6.30. The van der Waals surface area contributed by atoms with Crippen LogP contribution in [0, 0.1) is 5.92 Å². The molecule has 1 aromatic rings.